The highest BCUT2D eigenvalue weighted by Gasteiger charge is 1.85. The molecule has 0 saturated heterocycles. The maximum Gasteiger partial charge on any atom is 0.00637 e. The lowest BCUT2D eigenvalue weighted by atomic mass is 10.3. The van der Waals surface area contributed by atoms with Crippen LogP contribution in [-0.2, 0) is 0 Å². The summed E-state index contributed by atoms with van der Waals surface area (Å²) in [5.41, 5.74) is 1.04. The Bertz CT molecular complexity index is 31.6. The van der Waals surface area contributed by atoms with Gasteiger partial charge in [-0.3, -0.25) is 0 Å². The van der Waals surface area contributed by atoms with Crippen LogP contribution in [0.5, 0.6) is 0 Å². The van der Waals surface area contributed by atoms with Gasteiger partial charge in [-0.15, -0.1) is 24.8 Å². The first-order chi connectivity index (χ1) is 2.77. The Hall–Kier alpha value is 0.797. The maximum absolute atomic E-state index is 2.32. The van der Waals surface area contributed by atoms with Crippen molar-refractivity contribution >= 4 is 35.1 Å². The minimum atomic E-state index is 0. The summed E-state index contributed by atoms with van der Waals surface area (Å²) in [6.45, 7) is 4.56. The molecule has 0 aliphatic carbocycles. The topological polar surface area (TPSA) is 0 Å². The maximum atomic E-state index is 2.32. The molecule has 0 aromatic rings. The van der Waals surface area contributed by atoms with E-state index in [0.717, 1.165) is 5.54 Å². The van der Waals surface area contributed by atoms with Crippen molar-refractivity contribution in [3.05, 3.63) is 0 Å². The van der Waals surface area contributed by atoms with E-state index < -0.39 is 0 Å². The first-order valence-electron chi connectivity index (χ1n) is 2.77. The third-order valence-electron chi connectivity index (χ3n) is 0.866. The summed E-state index contributed by atoms with van der Waals surface area (Å²) in [5, 5.41) is 0. The van der Waals surface area contributed by atoms with Crippen molar-refractivity contribution in [1.82, 2.24) is 0 Å². The predicted molar refractivity (Wildman–Crippen MR) is 48.8 cm³/mol. The molecule has 54 valence electrons. The second kappa shape index (κ2) is 10.7. The van der Waals surface area contributed by atoms with Gasteiger partial charge in [-0.1, -0.05) is 32.2 Å². The number of hydrogen-bond donors (Lipinski definition) is 0. The molecule has 1 atom stereocenters. The summed E-state index contributed by atoms with van der Waals surface area (Å²) in [5.74, 6) is 0. The Balaban J connectivity index is -0.000000125. The Morgan fingerprint density at radius 2 is 1.75 bits per heavy atom. The van der Waals surface area contributed by atoms with Crippen LogP contribution >= 0.6 is 24.8 Å². The highest BCUT2D eigenvalue weighted by atomic mass is 35.5. The van der Waals surface area contributed by atoms with Gasteiger partial charge in [0.25, 0.3) is 0 Å². The van der Waals surface area contributed by atoms with Gasteiger partial charge in [-0.25, -0.2) is 0 Å². The van der Waals surface area contributed by atoms with Gasteiger partial charge in [0.15, 0.2) is 0 Å². The van der Waals surface area contributed by atoms with Crippen LogP contribution in [0, 0.1) is 0 Å². The van der Waals surface area contributed by atoms with Crippen LogP contribution in [0.1, 0.15) is 26.7 Å². The van der Waals surface area contributed by atoms with Crippen molar-refractivity contribution < 1.29 is 0 Å². The van der Waals surface area contributed by atoms with E-state index >= 15 is 0 Å². The van der Waals surface area contributed by atoms with Gasteiger partial charge in [0.1, 0.15) is 0 Å². The molecule has 0 aliphatic rings. The summed E-state index contributed by atoms with van der Waals surface area (Å²) >= 11 is 0. The van der Waals surface area contributed by atoms with Gasteiger partial charge in [0, 0.05) is 10.2 Å². The SMILES string of the molecule is CCCC(C)[SiH3].Cl.Cl. The van der Waals surface area contributed by atoms with Gasteiger partial charge in [0.2, 0.25) is 0 Å². The summed E-state index contributed by atoms with van der Waals surface area (Å²) < 4.78 is 0. The average Bonchev–Trinajstić information content (AvgIpc) is 1.35. The van der Waals surface area contributed by atoms with Crippen molar-refractivity contribution in [3.63, 3.8) is 0 Å². The van der Waals surface area contributed by atoms with Crippen LogP contribution in [0.2, 0.25) is 5.54 Å². The van der Waals surface area contributed by atoms with Crippen LogP contribution in [-0.4, -0.2) is 10.2 Å². The number of hydrogen-bond acceptors (Lipinski definition) is 0. The van der Waals surface area contributed by atoms with Gasteiger partial charge >= 0.3 is 0 Å². The van der Waals surface area contributed by atoms with Crippen molar-refractivity contribution in [2.45, 2.75) is 32.2 Å². The molecule has 0 saturated carbocycles. The first-order valence-corrected chi connectivity index (χ1v) is 3.92. The third-order valence-corrected chi connectivity index (χ3v) is 1.44. The van der Waals surface area contributed by atoms with Crippen LogP contribution < -0.4 is 0 Å². The normalized spacial score (nSPS) is 11.2. The standard InChI is InChI=1S/C5H14Si.2ClH/c1-3-4-5(2)6;;/h5H,3-4H2,1-2,6H3;2*1H. The Labute approximate surface area is 67.7 Å². The molecule has 8 heavy (non-hydrogen) atoms. The molecular formula is C5H16Cl2Si. The van der Waals surface area contributed by atoms with E-state index in [2.05, 4.69) is 13.8 Å². The molecule has 0 bridgehead atoms. The Morgan fingerprint density at radius 3 is 1.75 bits per heavy atom. The molecular weight excluding hydrogens is 159 g/mol. The van der Waals surface area contributed by atoms with E-state index in [1.807, 2.05) is 0 Å². The Kier molecular flexibility index (Phi) is 21.3. The lowest BCUT2D eigenvalue weighted by Gasteiger charge is -1.95. The molecule has 0 spiro atoms. The van der Waals surface area contributed by atoms with E-state index in [-0.39, 0.29) is 24.8 Å². The molecule has 0 nitrogen and oxygen atoms in total. The van der Waals surface area contributed by atoms with Crippen molar-refractivity contribution in [1.29, 1.82) is 0 Å². The molecule has 1 unspecified atom stereocenters. The first kappa shape index (κ1) is 15.9. The minimum Gasteiger partial charge on any atom is -0.147 e. The van der Waals surface area contributed by atoms with Crippen molar-refractivity contribution in [3.8, 4) is 0 Å². The predicted octanol–water partition coefficient (Wildman–Crippen LogP) is 1.80. The zero-order valence-corrected chi connectivity index (χ0v) is 9.44. The summed E-state index contributed by atoms with van der Waals surface area (Å²) in [6, 6.07) is 0. The second-order valence-corrected chi connectivity index (χ2v) is 4.15. The van der Waals surface area contributed by atoms with E-state index in [1.165, 1.54) is 23.1 Å². The zero-order chi connectivity index (χ0) is 4.99. The number of halogens is 2. The molecule has 0 heterocycles. The molecule has 0 aromatic carbocycles. The fourth-order valence-electron chi connectivity index (χ4n) is 0.577. The van der Waals surface area contributed by atoms with Crippen molar-refractivity contribution in [2.75, 3.05) is 0 Å². The van der Waals surface area contributed by atoms with Crippen LogP contribution in [0.4, 0.5) is 0 Å². The smallest absolute Gasteiger partial charge is 0.00637 e. The molecule has 0 rings (SSSR count). The fourth-order valence-corrected chi connectivity index (χ4v) is 1.15. The molecule has 0 N–H and O–H groups in total. The van der Waals surface area contributed by atoms with Crippen LogP contribution in [0.25, 0.3) is 0 Å². The molecule has 0 aliphatic heterocycles. The number of rotatable bonds is 2. The van der Waals surface area contributed by atoms with E-state index in [4.69, 9.17) is 0 Å². The summed E-state index contributed by atoms with van der Waals surface area (Å²) in [7, 11) is 1.38. The van der Waals surface area contributed by atoms with Gasteiger partial charge in [-0.2, -0.15) is 0 Å². The van der Waals surface area contributed by atoms with E-state index in [1.54, 1.807) is 0 Å². The second-order valence-electron chi connectivity index (χ2n) is 2.18. The van der Waals surface area contributed by atoms with Gasteiger partial charge < -0.3 is 0 Å². The lowest BCUT2D eigenvalue weighted by Crippen LogP contribution is -1.80. The van der Waals surface area contributed by atoms with Crippen LogP contribution in [0.3, 0.4) is 0 Å². The molecule has 0 radical (unpaired) electrons. The lowest BCUT2D eigenvalue weighted by molar-refractivity contribution is 0.769. The monoisotopic (exact) mass is 174 g/mol. The summed E-state index contributed by atoms with van der Waals surface area (Å²) in [4.78, 5) is 0. The fraction of sp³-hybridized carbons (Fsp3) is 1.00. The van der Waals surface area contributed by atoms with E-state index in [9.17, 15) is 0 Å². The van der Waals surface area contributed by atoms with Crippen molar-refractivity contribution in [2.24, 2.45) is 0 Å². The van der Waals surface area contributed by atoms with Gasteiger partial charge in [-0.05, 0) is 0 Å². The van der Waals surface area contributed by atoms with Gasteiger partial charge in [0.05, 0.1) is 0 Å². The molecule has 0 fully saturated rings. The summed E-state index contributed by atoms with van der Waals surface area (Å²) in [6.07, 6.45) is 2.80. The van der Waals surface area contributed by atoms with Crippen LogP contribution in [0.15, 0.2) is 0 Å². The highest BCUT2D eigenvalue weighted by Crippen LogP contribution is 2.03. The highest BCUT2D eigenvalue weighted by molar-refractivity contribution is 6.11. The zero-order valence-electron chi connectivity index (χ0n) is 5.81. The molecule has 3 heteroatoms. The molecule has 0 aromatic heterocycles. The largest absolute Gasteiger partial charge is 0.147 e. The minimum absolute atomic E-state index is 0. The quantitative estimate of drug-likeness (QED) is 0.561. The average molecular weight is 175 g/mol. The Morgan fingerprint density at radius 1 is 1.38 bits per heavy atom. The third kappa shape index (κ3) is 15.8. The molecule has 0 amide bonds. The van der Waals surface area contributed by atoms with E-state index in [0.29, 0.717) is 0 Å².